The molecule has 0 atom stereocenters. The number of nitrogens with zero attached hydrogens (tertiary/aromatic N) is 3. The summed E-state index contributed by atoms with van der Waals surface area (Å²) in [4.78, 5) is 26.6. The molecule has 1 amide bonds. The quantitative estimate of drug-likeness (QED) is 0.672. The molecule has 1 fully saturated rings. The third-order valence-electron chi connectivity index (χ3n) is 2.92. The first-order valence-electron chi connectivity index (χ1n) is 5.83. The standard InChI is InChI=1S/C11H9BrN4O3S/c12-9-4-13-11(20-9)14-10(17)8-3-7(16(18)19)5-15(8)6-1-2-6/h3-6H,1-2H2,(H,13,14,17). The number of carbonyl (C=O) groups is 1. The van der Waals surface area contributed by atoms with Gasteiger partial charge in [0.25, 0.3) is 11.6 Å². The molecule has 1 aliphatic rings. The molecule has 7 nitrogen and oxygen atoms in total. The molecule has 1 N–H and O–H groups in total. The Labute approximate surface area is 125 Å². The minimum Gasteiger partial charge on any atom is -0.334 e. The van der Waals surface area contributed by atoms with Gasteiger partial charge in [-0.25, -0.2) is 4.98 Å². The van der Waals surface area contributed by atoms with Gasteiger partial charge in [-0.05, 0) is 28.8 Å². The molecule has 0 aliphatic heterocycles. The zero-order valence-corrected chi connectivity index (χ0v) is 12.5. The molecular weight excluding hydrogens is 348 g/mol. The Hall–Kier alpha value is -1.74. The lowest BCUT2D eigenvalue weighted by atomic mass is 10.4. The number of carbonyl (C=O) groups excluding carboxylic acids is 1. The highest BCUT2D eigenvalue weighted by molar-refractivity contribution is 9.11. The highest BCUT2D eigenvalue weighted by Gasteiger charge is 2.30. The Morgan fingerprint density at radius 2 is 2.35 bits per heavy atom. The number of rotatable bonds is 4. The first-order chi connectivity index (χ1) is 9.54. The van der Waals surface area contributed by atoms with Gasteiger partial charge in [0.15, 0.2) is 5.13 Å². The lowest BCUT2D eigenvalue weighted by Gasteiger charge is -2.05. The number of aromatic nitrogens is 2. The molecule has 0 bridgehead atoms. The van der Waals surface area contributed by atoms with E-state index in [1.807, 2.05) is 0 Å². The Kier molecular flexibility index (Phi) is 3.30. The molecule has 104 valence electrons. The van der Waals surface area contributed by atoms with Gasteiger partial charge in [-0.2, -0.15) is 0 Å². The first-order valence-corrected chi connectivity index (χ1v) is 7.44. The fourth-order valence-corrected chi connectivity index (χ4v) is 2.98. The number of hydrogen-bond donors (Lipinski definition) is 1. The van der Waals surface area contributed by atoms with Gasteiger partial charge in [0.2, 0.25) is 0 Å². The summed E-state index contributed by atoms with van der Waals surface area (Å²) in [5, 5.41) is 13.9. The van der Waals surface area contributed by atoms with Gasteiger partial charge in [-0.3, -0.25) is 20.2 Å². The van der Waals surface area contributed by atoms with Crippen LogP contribution in [0.4, 0.5) is 10.8 Å². The van der Waals surface area contributed by atoms with Crippen LogP contribution in [0.25, 0.3) is 0 Å². The summed E-state index contributed by atoms with van der Waals surface area (Å²) in [6, 6.07) is 1.49. The summed E-state index contributed by atoms with van der Waals surface area (Å²) in [5.41, 5.74) is 0.230. The van der Waals surface area contributed by atoms with Crippen molar-refractivity contribution < 1.29 is 9.72 Å². The maximum Gasteiger partial charge on any atom is 0.287 e. The second kappa shape index (κ2) is 4.98. The molecule has 0 radical (unpaired) electrons. The highest BCUT2D eigenvalue weighted by atomic mass is 79.9. The van der Waals surface area contributed by atoms with Crippen molar-refractivity contribution in [1.29, 1.82) is 0 Å². The van der Waals surface area contributed by atoms with E-state index in [0.29, 0.717) is 10.8 Å². The Morgan fingerprint density at radius 3 is 2.90 bits per heavy atom. The van der Waals surface area contributed by atoms with Gasteiger partial charge in [-0.15, -0.1) is 0 Å². The molecule has 9 heteroatoms. The Bertz CT molecular complexity index is 692. The van der Waals surface area contributed by atoms with Crippen molar-refractivity contribution in [3.05, 3.63) is 38.1 Å². The van der Waals surface area contributed by atoms with E-state index in [1.54, 1.807) is 10.8 Å². The topological polar surface area (TPSA) is 90.1 Å². The molecule has 0 saturated heterocycles. The SMILES string of the molecule is O=C(Nc1ncc(Br)s1)c1cc([N+](=O)[O-])cn1C1CC1. The zero-order valence-electron chi connectivity index (χ0n) is 10.1. The lowest BCUT2D eigenvalue weighted by molar-refractivity contribution is -0.384. The zero-order chi connectivity index (χ0) is 14.3. The van der Waals surface area contributed by atoms with Crippen molar-refractivity contribution in [1.82, 2.24) is 9.55 Å². The van der Waals surface area contributed by atoms with Gasteiger partial charge in [0.1, 0.15) is 5.69 Å². The molecule has 20 heavy (non-hydrogen) atoms. The van der Waals surface area contributed by atoms with Crippen LogP contribution in [0.5, 0.6) is 0 Å². The number of hydrogen-bond acceptors (Lipinski definition) is 5. The van der Waals surface area contributed by atoms with E-state index in [4.69, 9.17) is 0 Å². The fourth-order valence-electron chi connectivity index (χ4n) is 1.87. The summed E-state index contributed by atoms with van der Waals surface area (Å²) in [5.74, 6) is -0.383. The van der Waals surface area contributed by atoms with Gasteiger partial charge < -0.3 is 4.57 Å². The number of thiazole rings is 1. The van der Waals surface area contributed by atoms with Crippen molar-refractivity contribution in [2.45, 2.75) is 18.9 Å². The van der Waals surface area contributed by atoms with Crippen molar-refractivity contribution >= 4 is 44.0 Å². The van der Waals surface area contributed by atoms with Crippen LogP contribution in [-0.4, -0.2) is 20.4 Å². The van der Waals surface area contributed by atoms with E-state index in [-0.39, 0.29) is 17.6 Å². The third-order valence-corrected chi connectivity index (χ3v) is 4.31. The van der Waals surface area contributed by atoms with E-state index < -0.39 is 4.92 Å². The van der Waals surface area contributed by atoms with Crippen molar-refractivity contribution in [3.63, 3.8) is 0 Å². The second-order valence-corrected chi connectivity index (χ2v) is 6.81. The first kappa shape index (κ1) is 13.3. The molecule has 3 rings (SSSR count). The molecule has 0 aromatic carbocycles. The predicted molar refractivity (Wildman–Crippen MR) is 77.1 cm³/mol. The third kappa shape index (κ3) is 2.59. The van der Waals surface area contributed by atoms with Gasteiger partial charge in [0.05, 0.1) is 21.1 Å². The maximum atomic E-state index is 12.2. The van der Waals surface area contributed by atoms with E-state index in [1.165, 1.54) is 23.6 Å². The van der Waals surface area contributed by atoms with Crippen LogP contribution in [0, 0.1) is 10.1 Å². The number of nitrogens with one attached hydrogen (secondary N) is 1. The van der Waals surface area contributed by atoms with E-state index >= 15 is 0 Å². The number of nitro groups is 1. The van der Waals surface area contributed by atoms with Crippen LogP contribution < -0.4 is 5.32 Å². The molecular formula is C11H9BrN4O3S. The Morgan fingerprint density at radius 1 is 1.60 bits per heavy atom. The minimum absolute atomic E-state index is 0.0673. The van der Waals surface area contributed by atoms with Gasteiger partial charge >= 0.3 is 0 Å². The average Bonchev–Trinajstić information content (AvgIpc) is 3.00. The smallest absolute Gasteiger partial charge is 0.287 e. The van der Waals surface area contributed by atoms with Crippen molar-refractivity contribution in [2.75, 3.05) is 5.32 Å². The van der Waals surface area contributed by atoms with E-state index in [0.717, 1.165) is 16.6 Å². The van der Waals surface area contributed by atoms with E-state index in [9.17, 15) is 14.9 Å². The normalized spacial score (nSPS) is 14.2. The summed E-state index contributed by atoms with van der Waals surface area (Å²) >= 11 is 4.54. The van der Waals surface area contributed by atoms with Crippen LogP contribution in [-0.2, 0) is 0 Å². The molecule has 1 aliphatic carbocycles. The molecule has 0 unspecified atom stereocenters. The van der Waals surface area contributed by atoms with Crippen LogP contribution in [0.1, 0.15) is 29.4 Å². The number of anilines is 1. The van der Waals surface area contributed by atoms with Gasteiger partial charge in [0, 0.05) is 12.1 Å². The second-order valence-electron chi connectivity index (χ2n) is 4.40. The summed E-state index contributed by atoms with van der Waals surface area (Å²) in [7, 11) is 0. The van der Waals surface area contributed by atoms with Crippen LogP contribution in [0.3, 0.4) is 0 Å². The summed E-state index contributed by atoms with van der Waals surface area (Å²) < 4.78 is 2.48. The molecule has 2 aromatic rings. The molecule has 1 saturated carbocycles. The molecule has 0 spiro atoms. The predicted octanol–water partition coefficient (Wildman–Crippen LogP) is 3.20. The van der Waals surface area contributed by atoms with Crippen molar-refractivity contribution in [3.8, 4) is 0 Å². The average molecular weight is 357 g/mol. The van der Waals surface area contributed by atoms with E-state index in [2.05, 4.69) is 26.2 Å². The lowest BCUT2D eigenvalue weighted by Crippen LogP contribution is -2.16. The van der Waals surface area contributed by atoms with Crippen LogP contribution in [0.2, 0.25) is 0 Å². The number of amides is 1. The van der Waals surface area contributed by atoms with Gasteiger partial charge in [-0.1, -0.05) is 11.3 Å². The van der Waals surface area contributed by atoms with Crippen LogP contribution in [0.15, 0.2) is 22.2 Å². The Balaban J connectivity index is 1.88. The maximum absolute atomic E-state index is 12.2. The number of halogens is 1. The van der Waals surface area contributed by atoms with Crippen LogP contribution >= 0.6 is 27.3 Å². The highest BCUT2D eigenvalue weighted by Crippen LogP contribution is 2.38. The van der Waals surface area contributed by atoms with Crippen molar-refractivity contribution in [2.24, 2.45) is 0 Å². The monoisotopic (exact) mass is 356 g/mol. The largest absolute Gasteiger partial charge is 0.334 e. The summed E-state index contributed by atoms with van der Waals surface area (Å²) in [6.07, 6.45) is 4.89. The molecule has 2 heterocycles. The summed E-state index contributed by atoms with van der Waals surface area (Å²) in [6.45, 7) is 0. The fraction of sp³-hybridized carbons (Fsp3) is 0.273. The molecule has 2 aromatic heterocycles. The minimum atomic E-state index is -0.490.